The number of aliphatic hydroxyl groups excluding tert-OH is 1. The number of hydrogen-bond acceptors (Lipinski definition) is 10. The minimum atomic E-state index is -0.347. The number of aryl methyl sites for hydroxylation is 1. The molecule has 0 saturated carbocycles. The zero-order valence-electron chi connectivity index (χ0n) is 18.3. The fourth-order valence-electron chi connectivity index (χ4n) is 3.27. The number of morpholine rings is 1. The predicted octanol–water partition coefficient (Wildman–Crippen LogP) is 3.82. The summed E-state index contributed by atoms with van der Waals surface area (Å²) in [5.41, 5.74) is 5.36. The largest absolute Gasteiger partial charge is 0.507 e. The first-order chi connectivity index (χ1) is 16.4. The summed E-state index contributed by atoms with van der Waals surface area (Å²) >= 11 is 9.62. The fourth-order valence-corrected chi connectivity index (χ4v) is 4.12. The van der Waals surface area contributed by atoms with Crippen molar-refractivity contribution < 1.29 is 14.9 Å². The van der Waals surface area contributed by atoms with Crippen molar-refractivity contribution in [2.75, 3.05) is 41.9 Å². The molecule has 1 aromatic heterocycles. The third kappa shape index (κ3) is 5.92. The SMILES string of the molecule is Cc1ccc(Nc2nc(N/N=C/c3cc(Cl)cc(CO)c3O)nc(N3CCOCC3)n2)c(Br)c1. The second-order valence-electron chi connectivity index (χ2n) is 7.52. The molecule has 34 heavy (non-hydrogen) atoms. The highest BCUT2D eigenvalue weighted by atomic mass is 79.9. The fraction of sp³-hybridized carbons (Fsp3) is 0.273. The maximum Gasteiger partial charge on any atom is 0.250 e. The molecule has 1 aliphatic rings. The van der Waals surface area contributed by atoms with E-state index in [0.29, 0.717) is 54.3 Å². The van der Waals surface area contributed by atoms with Gasteiger partial charge in [-0.15, -0.1) is 0 Å². The number of benzene rings is 2. The van der Waals surface area contributed by atoms with E-state index in [1.165, 1.54) is 18.3 Å². The van der Waals surface area contributed by atoms with Crippen molar-refractivity contribution >= 4 is 57.3 Å². The molecule has 0 radical (unpaired) electrons. The number of rotatable bonds is 7. The van der Waals surface area contributed by atoms with Gasteiger partial charge in [0.25, 0.3) is 0 Å². The lowest BCUT2D eigenvalue weighted by Gasteiger charge is -2.27. The van der Waals surface area contributed by atoms with Gasteiger partial charge in [-0.3, -0.25) is 0 Å². The normalized spacial score (nSPS) is 13.9. The molecule has 2 aromatic carbocycles. The molecule has 10 nitrogen and oxygen atoms in total. The van der Waals surface area contributed by atoms with Gasteiger partial charge >= 0.3 is 0 Å². The minimum Gasteiger partial charge on any atom is -0.507 e. The zero-order valence-corrected chi connectivity index (χ0v) is 20.6. The van der Waals surface area contributed by atoms with Gasteiger partial charge in [0.15, 0.2) is 0 Å². The summed E-state index contributed by atoms with van der Waals surface area (Å²) in [4.78, 5) is 15.5. The van der Waals surface area contributed by atoms with E-state index in [2.05, 4.69) is 46.7 Å². The van der Waals surface area contributed by atoms with Crippen molar-refractivity contribution in [3.8, 4) is 5.75 Å². The number of aliphatic hydroxyl groups is 1. The molecule has 4 rings (SSSR count). The van der Waals surface area contributed by atoms with Gasteiger partial charge in [0.05, 0.1) is 31.7 Å². The molecule has 1 saturated heterocycles. The summed E-state index contributed by atoms with van der Waals surface area (Å²) in [5.74, 6) is 0.929. The Kier molecular flexibility index (Phi) is 7.78. The van der Waals surface area contributed by atoms with Crippen LogP contribution in [-0.4, -0.2) is 57.7 Å². The summed E-state index contributed by atoms with van der Waals surface area (Å²) in [6, 6.07) is 8.94. The van der Waals surface area contributed by atoms with Gasteiger partial charge in [-0.05, 0) is 52.7 Å². The van der Waals surface area contributed by atoms with E-state index in [9.17, 15) is 10.2 Å². The van der Waals surface area contributed by atoms with Crippen LogP contribution in [0.5, 0.6) is 5.75 Å². The molecule has 0 bridgehead atoms. The Bertz CT molecular complexity index is 1210. The van der Waals surface area contributed by atoms with Crippen molar-refractivity contribution in [2.24, 2.45) is 5.10 Å². The molecule has 4 N–H and O–H groups in total. The average Bonchev–Trinajstić information content (AvgIpc) is 2.83. The standard InChI is InChI=1S/C22H23BrClN7O3/c1-13-2-3-18(17(23)8-13)26-20-27-21(29-22(28-20)31-4-6-34-7-5-31)30-25-11-14-9-16(24)10-15(12-32)19(14)33/h2-3,8-11,32-33H,4-7,12H2,1H3,(H2,26,27,28,29,30)/b25-11+. The molecule has 3 aromatic rings. The Balaban J connectivity index is 1.61. The Morgan fingerprint density at radius 1 is 1.18 bits per heavy atom. The highest BCUT2D eigenvalue weighted by Gasteiger charge is 2.17. The number of nitrogens with zero attached hydrogens (tertiary/aromatic N) is 5. The highest BCUT2D eigenvalue weighted by Crippen LogP contribution is 2.28. The van der Waals surface area contributed by atoms with Gasteiger partial charge in [-0.2, -0.15) is 20.1 Å². The molecular weight excluding hydrogens is 526 g/mol. The molecule has 0 aliphatic carbocycles. The molecule has 178 valence electrons. The average molecular weight is 549 g/mol. The van der Waals surface area contributed by atoms with Crippen molar-refractivity contribution in [3.63, 3.8) is 0 Å². The molecule has 0 atom stereocenters. The number of hydrazone groups is 1. The van der Waals surface area contributed by atoms with E-state index in [1.54, 1.807) is 0 Å². The molecule has 0 spiro atoms. The van der Waals surface area contributed by atoms with E-state index in [4.69, 9.17) is 16.3 Å². The van der Waals surface area contributed by atoms with Crippen LogP contribution in [0, 0.1) is 6.92 Å². The second kappa shape index (κ2) is 11.0. The highest BCUT2D eigenvalue weighted by molar-refractivity contribution is 9.10. The smallest absolute Gasteiger partial charge is 0.250 e. The number of phenols is 1. The van der Waals surface area contributed by atoms with Crippen LogP contribution in [0.25, 0.3) is 0 Å². The number of aromatic hydroxyl groups is 1. The quantitative estimate of drug-likeness (QED) is 0.257. The molecule has 1 aliphatic heterocycles. The first-order valence-electron chi connectivity index (χ1n) is 10.5. The Morgan fingerprint density at radius 3 is 2.68 bits per heavy atom. The zero-order chi connectivity index (χ0) is 24.1. The molecule has 0 amide bonds. The summed E-state index contributed by atoms with van der Waals surface area (Å²) < 4.78 is 6.31. The van der Waals surface area contributed by atoms with Crippen LogP contribution in [0.1, 0.15) is 16.7 Å². The third-order valence-electron chi connectivity index (χ3n) is 5.01. The van der Waals surface area contributed by atoms with Crippen LogP contribution in [0.3, 0.4) is 0 Å². The van der Waals surface area contributed by atoms with Crippen molar-refractivity contribution in [3.05, 3.63) is 56.5 Å². The predicted molar refractivity (Wildman–Crippen MR) is 135 cm³/mol. The van der Waals surface area contributed by atoms with Gasteiger partial charge < -0.3 is 25.2 Å². The summed E-state index contributed by atoms with van der Waals surface area (Å²) in [6.45, 7) is 4.14. The summed E-state index contributed by atoms with van der Waals surface area (Å²) in [6.07, 6.45) is 1.38. The van der Waals surface area contributed by atoms with Gasteiger partial charge in [0.2, 0.25) is 17.8 Å². The van der Waals surface area contributed by atoms with Gasteiger partial charge in [0.1, 0.15) is 5.75 Å². The van der Waals surface area contributed by atoms with Crippen molar-refractivity contribution in [1.29, 1.82) is 0 Å². The first kappa shape index (κ1) is 24.1. The Hall–Kier alpha value is -2.99. The summed E-state index contributed by atoms with van der Waals surface area (Å²) in [5, 5.41) is 27.4. The number of hydrogen-bond donors (Lipinski definition) is 4. The molecule has 12 heteroatoms. The van der Waals surface area contributed by atoms with Crippen LogP contribution in [0.4, 0.5) is 23.5 Å². The van der Waals surface area contributed by atoms with Crippen LogP contribution in [0.15, 0.2) is 39.9 Å². The van der Waals surface area contributed by atoms with E-state index in [1.807, 2.05) is 30.0 Å². The second-order valence-corrected chi connectivity index (χ2v) is 8.81. The topological polar surface area (TPSA) is 128 Å². The number of halogens is 2. The third-order valence-corrected chi connectivity index (χ3v) is 5.88. The number of anilines is 4. The van der Waals surface area contributed by atoms with Crippen LogP contribution in [-0.2, 0) is 11.3 Å². The molecular formula is C22H23BrClN7O3. The molecule has 0 unspecified atom stereocenters. The van der Waals surface area contributed by atoms with E-state index in [-0.39, 0.29) is 18.3 Å². The lowest BCUT2D eigenvalue weighted by atomic mass is 10.1. The lowest BCUT2D eigenvalue weighted by molar-refractivity contribution is 0.122. The minimum absolute atomic E-state index is 0.103. The molecule has 2 heterocycles. The van der Waals surface area contributed by atoms with Crippen LogP contribution >= 0.6 is 27.5 Å². The Morgan fingerprint density at radius 2 is 1.94 bits per heavy atom. The van der Waals surface area contributed by atoms with E-state index in [0.717, 1.165) is 15.7 Å². The monoisotopic (exact) mass is 547 g/mol. The van der Waals surface area contributed by atoms with E-state index >= 15 is 0 Å². The van der Waals surface area contributed by atoms with Crippen LogP contribution < -0.4 is 15.6 Å². The van der Waals surface area contributed by atoms with Crippen molar-refractivity contribution in [2.45, 2.75) is 13.5 Å². The van der Waals surface area contributed by atoms with Gasteiger partial charge in [-0.1, -0.05) is 17.7 Å². The van der Waals surface area contributed by atoms with Gasteiger partial charge in [0, 0.05) is 33.7 Å². The first-order valence-corrected chi connectivity index (χ1v) is 11.6. The van der Waals surface area contributed by atoms with E-state index < -0.39 is 0 Å². The molecule has 1 fully saturated rings. The number of aromatic nitrogens is 3. The summed E-state index contributed by atoms with van der Waals surface area (Å²) in [7, 11) is 0. The Labute approximate surface area is 209 Å². The van der Waals surface area contributed by atoms with Crippen molar-refractivity contribution in [1.82, 2.24) is 15.0 Å². The maximum absolute atomic E-state index is 10.3. The lowest BCUT2D eigenvalue weighted by Crippen LogP contribution is -2.37. The number of ether oxygens (including phenoxy) is 1. The van der Waals surface area contributed by atoms with Gasteiger partial charge in [-0.25, -0.2) is 5.43 Å². The maximum atomic E-state index is 10.3. The van der Waals surface area contributed by atoms with Crippen LogP contribution in [0.2, 0.25) is 5.02 Å². The number of nitrogens with one attached hydrogen (secondary N) is 2.